The van der Waals surface area contributed by atoms with Crippen molar-refractivity contribution in [3.05, 3.63) is 35.8 Å². The molecule has 19 heavy (non-hydrogen) atoms. The monoisotopic (exact) mass is 278 g/mol. The van der Waals surface area contributed by atoms with E-state index in [1.165, 1.54) is 18.5 Å². The van der Waals surface area contributed by atoms with E-state index in [1.54, 1.807) is 0 Å². The average Bonchev–Trinajstić information content (AvgIpc) is 2.46. The summed E-state index contributed by atoms with van der Waals surface area (Å²) in [6.07, 6.45) is 10.5. The van der Waals surface area contributed by atoms with Crippen molar-refractivity contribution in [3.63, 3.8) is 0 Å². The minimum absolute atomic E-state index is 0.168. The molecule has 2 N–H and O–H groups in total. The summed E-state index contributed by atoms with van der Waals surface area (Å²) in [5.41, 5.74) is 2.21. The zero-order valence-corrected chi connectivity index (χ0v) is 11.8. The molecule has 0 saturated carbocycles. The van der Waals surface area contributed by atoms with Gasteiger partial charge in [0.05, 0.1) is 17.4 Å². The summed E-state index contributed by atoms with van der Waals surface area (Å²) in [5.74, 6) is 0. The Bertz CT molecular complexity index is 470. The molecular weight excluding hydrogens is 260 g/mol. The Balaban J connectivity index is 1.70. The highest BCUT2D eigenvalue weighted by Gasteiger charge is 2.23. The summed E-state index contributed by atoms with van der Waals surface area (Å²) in [4.78, 5) is 6.80. The van der Waals surface area contributed by atoms with Crippen molar-refractivity contribution in [2.45, 2.75) is 24.9 Å². The number of hydrogen-bond donors (Lipinski definition) is 2. The van der Waals surface area contributed by atoms with Gasteiger partial charge in [-0.25, -0.2) is 4.99 Å². The van der Waals surface area contributed by atoms with E-state index in [2.05, 4.69) is 32.8 Å². The zero-order valence-electron chi connectivity index (χ0n) is 11.1. The molecule has 1 unspecified atom stereocenters. The van der Waals surface area contributed by atoms with Gasteiger partial charge in [-0.15, -0.1) is 0 Å². The third-order valence-corrected chi connectivity index (χ3v) is 4.17. The van der Waals surface area contributed by atoms with Crippen LogP contribution in [-0.2, 0) is 0 Å². The number of nitrogens with zero attached hydrogens (tertiary/aromatic N) is 2. The van der Waals surface area contributed by atoms with E-state index in [0.717, 1.165) is 18.8 Å². The minimum atomic E-state index is 0.168. The maximum atomic E-state index is 5.96. The van der Waals surface area contributed by atoms with Gasteiger partial charge in [0.1, 0.15) is 5.17 Å². The van der Waals surface area contributed by atoms with Crippen LogP contribution < -0.4 is 10.6 Å². The first-order chi connectivity index (χ1) is 9.26. The van der Waals surface area contributed by atoms with Crippen molar-refractivity contribution in [1.29, 1.82) is 0 Å². The van der Waals surface area contributed by atoms with Crippen molar-refractivity contribution in [2.75, 3.05) is 20.1 Å². The van der Waals surface area contributed by atoms with Crippen molar-refractivity contribution in [1.82, 2.24) is 15.5 Å². The van der Waals surface area contributed by atoms with Gasteiger partial charge in [0.15, 0.2) is 0 Å². The summed E-state index contributed by atoms with van der Waals surface area (Å²) < 4.78 is 0. The van der Waals surface area contributed by atoms with Crippen LogP contribution in [0.2, 0.25) is 0 Å². The molecule has 0 bridgehead atoms. The van der Waals surface area contributed by atoms with E-state index >= 15 is 0 Å². The van der Waals surface area contributed by atoms with E-state index in [0.29, 0.717) is 11.2 Å². The van der Waals surface area contributed by atoms with Gasteiger partial charge in [-0.2, -0.15) is 0 Å². The predicted octanol–water partition coefficient (Wildman–Crippen LogP) is 1.57. The van der Waals surface area contributed by atoms with Gasteiger partial charge >= 0.3 is 0 Å². The summed E-state index contributed by atoms with van der Waals surface area (Å²) in [5, 5.41) is 7.28. The van der Waals surface area contributed by atoms with Gasteiger partial charge in [0.2, 0.25) is 0 Å². The smallest absolute Gasteiger partial charge is 0.129 e. The molecule has 3 aliphatic heterocycles. The molecule has 3 aliphatic rings. The number of aliphatic imine (C=N–C) groups is 1. The number of hydrogen-bond acceptors (Lipinski definition) is 4. The molecular formula is C14H19ClN4. The summed E-state index contributed by atoms with van der Waals surface area (Å²) in [6, 6.07) is 0.819. The second-order valence-electron chi connectivity index (χ2n) is 5.13. The van der Waals surface area contributed by atoms with Gasteiger partial charge in [0.25, 0.3) is 0 Å². The number of allylic oxidation sites excluding steroid dienone is 2. The maximum Gasteiger partial charge on any atom is 0.129 e. The fraction of sp³-hybridized carbons (Fsp3) is 0.500. The zero-order chi connectivity index (χ0) is 13.2. The van der Waals surface area contributed by atoms with Crippen LogP contribution in [-0.4, -0.2) is 42.3 Å². The van der Waals surface area contributed by atoms with Gasteiger partial charge in [0, 0.05) is 25.3 Å². The number of halogens is 1. The van der Waals surface area contributed by atoms with Crippen LogP contribution in [0.15, 0.2) is 40.8 Å². The standard InChI is InChI=1S/C14H19ClN4/c1-16-10-4-6-19(7-5-10)11-8-13-12(17-9-11)2-3-14(15)18-13/h2-3,8-10,12,16-17H,4-7H2,1H3. The summed E-state index contributed by atoms with van der Waals surface area (Å²) >= 11 is 5.96. The molecule has 3 heterocycles. The highest BCUT2D eigenvalue weighted by molar-refractivity contribution is 6.68. The molecule has 0 aromatic heterocycles. The quantitative estimate of drug-likeness (QED) is 0.806. The predicted molar refractivity (Wildman–Crippen MR) is 79.2 cm³/mol. The lowest BCUT2D eigenvalue weighted by molar-refractivity contribution is 0.251. The molecule has 0 spiro atoms. The Kier molecular flexibility index (Phi) is 3.62. The topological polar surface area (TPSA) is 39.7 Å². The van der Waals surface area contributed by atoms with Gasteiger partial charge in [-0.1, -0.05) is 17.7 Å². The highest BCUT2D eigenvalue weighted by Crippen LogP contribution is 2.23. The van der Waals surface area contributed by atoms with Gasteiger partial charge < -0.3 is 15.5 Å². The van der Waals surface area contributed by atoms with Crippen LogP contribution in [0.1, 0.15) is 12.8 Å². The lowest BCUT2D eigenvalue weighted by Gasteiger charge is -2.36. The molecule has 1 saturated heterocycles. The van der Waals surface area contributed by atoms with Crippen LogP contribution in [0.3, 0.4) is 0 Å². The Morgan fingerprint density at radius 2 is 2.21 bits per heavy atom. The summed E-state index contributed by atoms with van der Waals surface area (Å²) in [7, 11) is 2.04. The number of rotatable bonds is 2. The van der Waals surface area contributed by atoms with Crippen molar-refractivity contribution < 1.29 is 0 Å². The number of piperidine rings is 1. The van der Waals surface area contributed by atoms with Gasteiger partial charge in [-0.3, -0.25) is 0 Å². The fourth-order valence-corrected chi connectivity index (χ4v) is 2.91. The van der Waals surface area contributed by atoms with Crippen LogP contribution in [0, 0.1) is 0 Å². The number of nitrogens with one attached hydrogen (secondary N) is 2. The normalized spacial score (nSPS) is 27.2. The number of likely N-dealkylation sites (tertiary alicyclic amines) is 1. The van der Waals surface area contributed by atoms with Crippen LogP contribution in [0.5, 0.6) is 0 Å². The van der Waals surface area contributed by atoms with E-state index in [-0.39, 0.29) is 6.04 Å². The third kappa shape index (κ3) is 2.69. The highest BCUT2D eigenvalue weighted by atomic mass is 35.5. The second-order valence-corrected chi connectivity index (χ2v) is 5.51. The Labute approximate surface area is 118 Å². The number of fused-ring (bicyclic) bond motifs is 1. The third-order valence-electron chi connectivity index (χ3n) is 3.96. The Hall–Kier alpha value is -1.26. The van der Waals surface area contributed by atoms with E-state index in [9.17, 15) is 0 Å². The lowest BCUT2D eigenvalue weighted by atomic mass is 10.0. The molecule has 102 valence electrons. The van der Waals surface area contributed by atoms with E-state index in [1.807, 2.05) is 19.2 Å². The molecule has 0 aromatic carbocycles. The largest absolute Gasteiger partial charge is 0.378 e. The molecule has 1 fully saturated rings. The molecule has 3 rings (SSSR count). The lowest BCUT2D eigenvalue weighted by Crippen LogP contribution is -2.42. The van der Waals surface area contributed by atoms with E-state index in [4.69, 9.17) is 11.6 Å². The molecule has 0 aliphatic carbocycles. The molecule has 1 atom stereocenters. The molecule has 0 aromatic rings. The first-order valence-electron chi connectivity index (χ1n) is 6.78. The van der Waals surface area contributed by atoms with Crippen LogP contribution in [0.4, 0.5) is 0 Å². The number of dihydropyridines is 2. The maximum absolute atomic E-state index is 5.96. The van der Waals surface area contributed by atoms with Gasteiger partial charge in [-0.05, 0) is 32.0 Å². The molecule has 4 nitrogen and oxygen atoms in total. The van der Waals surface area contributed by atoms with Crippen molar-refractivity contribution >= 4 is 16.8 Å². The molecule has 0 amide bonds. The SMILES string of the molecule is CNC1CCN(C2=CNC3C=CC(Cl)=NC3=C2)CC1. The van der Waals surface area contributed by atoms with Crippen LogP contribution in [0.25, 0.3) is 0 Å². The summed E-state index contributed by atoms with van der Waals surface area (Å²) in [6.45, 7) is 2.17. The Morgan fingerprint density at radius 3 is 2.95 bits per heavy atom. The van der Waals surface area contributed by atoms with Crippen LogP contribution >= 0.6 is 11.6 Å². The first-order valence-corrected chi connectivity index (χ1v) is 7.16. The van der Waals surface area contributed by atoms with Crippen molar-refractivity contribution in [2.24, 2.45) is 4.99 Å². The van der Waals surface area contributed by atoms with E-state index < -0.39 is 0 Å². The Morgan fingerprint density at radius 1 is 1.42 bits per heavy atom. The molecule has 0 radical (unpaired) electrons. The second kappa shape index (κ2) is 5.39. The minimum Gasteiger partial charge on any atom is -0.378 e. The first kappa shape index (κ1) is 12.8. The van der Waals surface area contributed by atoms with Crippen molar-refractivity contribution in [3.8, 4) is 0 Å². The fourth-order valence-electron chi connectivity index (χ4n) is 2.74. The average molecular weight is 279 g/mol. The molecule has 5 heteroatoms.